The Balaban J connectivity index is 1.27. The fraction of sp³-hybridized carbons (Fsp3) is 0.269. The number of hydrogen-bond acceptors (Lipinski definition) is 5. The molecule has 1 saturated heterocycles. The first-order valence-corrected chi connectivity index (χ1v) is 11.5. The van der Waals surface area contributed by atoms with Gasteiger partial charge in [0.25, 0.3) is 5.91 Å². The Kier molecular flexibility index (Phi) is 6.03. The Labute approximate surface area is 197 Å². The number of para-hydroxylation sites is 1. The van der Waals surface area contributed by atoms with Gasteiger partial charge in [-0.1, -0.05) is 30.3 Å². The van der Waals surface area contributed by atoms with Gasteiger partial charge in [-0.3, -0.25) is 14.3 Å². The monoisotopic (exact) mass is 454 g/mol. The Morgan fingerprint density at radius 2 is 1.94 bits per heavy atom. The van der Waals surface area contributed by atoms with E-state index in [0.717, 1.165) is 35.0 Å². The van der Waals surface area contributed by atoms with E-state index in [2.05, 4.69) is 20.4 Å². The number of carbonyl (C=O) groups excluding carboxylic acids is 2. The summed E-state index contributed by atoms with van der Waals surface area (Å²) >= 11 is 0. The third-order valence-electron chi connectivity index (χ3n) is 6.16. The summed E-state index contributed by atoms with van der Waals surface area (Å²) in [6.07, 6.45) is 5.63. The zero-order chi connectivity index (χ0) is 23.5. The zero-order valence-corrected chi connectivity index (χ0v) is 19.0. The van der Waals surface area contributed by atoms with Crippen molar-refractivity contribution in [1.82, 2.24) is 24.6 Å². The van der Waals surface area contributed by atoms with E-state index in [1.54, 1.807) is 18.3 Å². The molecule has 1 aliphatic heterocycles. The molecule has 34 heavy (non-hydrogen) atoms. The molecule has 1 aliphatic rings. The minimum Gasteiger partial charge on any atom is -0.334 e. The van der Waals surface area contributed by atoms with Gasteiger partial charge >= 0.3 is 0 Å². The predicted molar refractivity (Wildman–Crippen MR) is 129 cm³/mol. The van der Waals surface area contributed by atoms with Crippen molar-refractivity contribution >= 4 is 28.5 Å². The molecule has 172 valence electrons. The minimum absolute atomic E-state index is 0.0718. The number of fused-ring (bicyclic) bond motifs is 1. The van der Waals surface area contributed by atoms with Gasteiger partial charge < -0.3 is 10.2 Å². The molecule has 1 N–H and O–H groups in total. The fourth-order valence-electron chi connectivity index (χ4n) is 4.41. The summed E-state index contributed by atoms with van der Waals surface area (Å²) in [5.74, 6) is 0.230. The number of amides is 2. The molecule has 5 rings (SSSR count). The number of likely N-dealkylation sites (tertiary alicyclic amines) is 1. The van der Waals surface area contributed by atoms with Crippen molar-refractivity contribution in [3.8, 4) is 0 Å². The molecule has 8 nitrogen and oxygen atoms in total. The number of carbonyl (C=O) groups is 2. The van der Waals surface area contributed by atoms with Crippen LogP contribution in [0, 0.1) is 6.92 Å². The maximum Gasteiger partial charge on any atom is 0.275 e. The second-order valence-corrected chi connectivity index (χ2v) is 8.54. The van der Waals surface area contributed by atoms with Crippen molar-refractivity contribution in [2.45, 2.75) is 38.8 Å². The second-order valence-electron chi connectivity index (χ2n) is 8.54. The smallest absolute Gasteiger partial charge is 0.275 e. The highest BCUT2D eigenvalue weighted by molar-refractivity contribution is 6.02. The SMILES string of the molecule is Cc1ccc(NC(=O)c2cccc(C3CCCN3C(=O)CCn3ncc4ccccc43)n2)nc1. The van der Waals surface area contributed by atoms with E-state index in [4.69, 9.17) is 0 Å². The topological polar surface area (TPSA) is 93.0 Å². The van der Waals surface area contributed by atoms with Crippen LogP contribution in [0.4, 0.5) is 5.82 Å². The second kappa shape index (κ2) is 9.43. The largest absolute Gasteiger partial charge is 0.334 e. The molecule has 1 unspecified atom stereocenters. The lowest BCUT2D eigenvalue weighted by molar-refractivity contribution is -0.132. The molecule has 1 fully saturated rings. The van der Waals surface area contributed by atoms with Crippen LogP contribution in [0.25, 0.3) is 10.9 Å². The van der Waals surface area contributed by atoms with Gasteiger partial charge in [-0.2, -0.15) is 5.10 Å². The lowest BCUT2D eigenvalue weighted by Gasteiger charge is -2.24. The van der Waals surface area contributed by atoms with E-state index in [9.17, 15) is 9.59 Å². The number of nitrogens with zero attached hydrogens (tertiary/aromatic N) is 5. The first-order chi connectivity index (χ1) is 16.6. The van der Waals surface area contributed by atoms with E-state index in [-0.39, 0.29) is 17.9 Å². The van der Waals surface area contributed by atoms with Crippen LogP contribution in [0.15, 0.2) is 67.0 Å². The molecule has 1 atom stereocenters. The van der Waals surface area contributed by atoms with Gasteiger partial charge in [-0.25, -0.2) is 9.97 Å². The van der Waals surface area contributed by atoms with E-state index in [1.165, 1.54) is 0 Å². The van der Waals surface area contributed by atoms with Crippen LogP contribution in [0.5, 0.6) is 0 Å². The normalized spacial score (nSPS) is 15.6. The first-order valence-electron chi connectivity index (χ1n) is 11.5. The van der Waals surface area contributed by atoms with Crippen molar-refractivity contribution in [2.75, 3.05) is 11.9 Å². The molecule has 0 radical (unpaired) electrons. The van der Waals surface area contributed by atoms with Crippen LogP contribution in [0.3, 0.4) is 0 Å². The fourth-order valence-corrected chi connectivity index (χ4v) is 4.41. The highest BCUT2D eigenvalue weighted by Crippen LogP contribution is 2.31. The van der Waals surface area contributed by atoms with Gasteiger partial charge in [0.05, 0.1) is 30.0 Å². The number of anilines is 1. The first kappa shape index (κ1) is 21.8. The molecule has 4 heterocycles. The molecular weight excluding hydrogens is 428 g/mol. The molecule has 0 saturated carbocycles. The summed E-state index contributed by atoms with van der Waals surface area (Å²) < 4.78 is 1.88. The zero-order valence-electron chi connectivity index (χ0n) is 19.0. The van der Waals surface area contributed by atoms with Crippen LogP contribution in [-0.2, 0) is 11.3 Å². The summed E-state index contributed by atoms with van der Waals surface area (Å²) in [6.45, 7) is 3.15. The average Bonchev–Trinajstić information content (AvgIpc) is 3.52. The van der Waals surface area contributed by atoms with Crippen LogP contribution < -0.4 is 5.32 Å². The quantitative estimate of drug-likeness (QED) is 0.473. The summed E-state index contributed by atoms with van der Waals surface area (Å²) in [4.78, 5) is 36.5. The van der Waals surface area contributed by atoms with Crippen molar-refractivity contribution < 1.29 is 9.59 Å². The number of aromatic nitrogens is 4. The van der Waals surface area contributed by atoms with Crippen LogP contribution in [0.1, 0.15) is 47.1 Å². The Morgan fingerprint density at radius 1 is 1.06 bits per heavy atom. The number of rotatable bonds is 6. The lowest BCUT2D eigenvalue weighted by Crippen LogP contribution is -2.32. The maximum absolute atomic E-state index is 13.1. The molecule has 0 bridgehead atoms. The summed E-state index contributed by atoms with van der Waals surface area (Å²) in [6, 6.07) is 16.9. The lowest BCUT2D eigenvalue weighted by atomic mass is 10.1. The number of aryl methyl sites for hydroxylation is 2. The van der Waals surface area contributed by atoms with E-state index < -0.39 is 0 Å². The molecule has 4 aromatic rings. The van der Waals surface area contributed by atoms with Crippen LogP contribution in [0.2, 0.25) is 0 Å². The van der Waals surface area contributed by atoms with Gasteiger partial charge in [0, 0.05) is 24.5 Å². The number of benzene rings is 1. The van der Waals surface area contributed by atoms with Crippen LogP contribution >= 0.6 is 0 Å². The van der Waals surface area contributed by atoms with Gasteiger partial charge in [-0.05, 0) is 49.6 Å². The highest BCUT2D eigenvalue weighted by Gasteiger charge is 2.31. The molecule has 0 aliphatic carbocycles. The van der Waals surface area contributed by atoms with Crippen molar-refractivity contribution in [3.63, 3.8) is 0 Å². The molecule has 0 spiro atoms. The molecule has 8 heteroatoms. The molecular formula is C26H26N6O2. The third-order valence-corrected chi connectivity index (χ3v) is 6.16. The number of pyridine rings is 2. The van der Waals surface area contributed by atoms with E-state index in [1.807, 2.05) is 65.2 Å². The summed E-state index contributed by atoms with van der Waals surface area (Å²) in [5, 5.41) is 8.27. The Bertz CT molecular complexity index is 1330. The van der Waals surface area contributed by atoms with E-state index >= 15 is 0 Å². The summed E-state index contributed by atoms with van der Waals surface area (Å²) in [7, 11) is 0. The minimum atomic E-state index is -0.320. The maximum atomic E-state index is 13.1. The summed E-state index contributed by atoms with van der Waals surface area (Å²) in [5.41, 5.74) is 3.09. The number of nitrogens with one attached hydrogen (secondary N) is 1. The van der Waals surface area contributed by atoms with E-state index in [0.29, 0.717) is 31.0 Å². The average molecular weight is 455 g/mol. The van der Waals surface area contributed by atoms with Crippen molar-refractivity contribution in [1.29, 1.82) is 0 Å². The van der Waals surface area contributed by atoms with Gasteiger partial charge in [0.1, 0.15) is 11.5 Å². The van der Waals surface area contributed by atoms with Gasteiger partial charge in [0.15, 0.2) is 0 Å². The molecule has 1 aromatic carbocycles. The third kappa shape index (κ3) is 4.52. The molecule has 3 aromatic heterocycles. The molecule has 2 amide bonds. The Hall–Kier alpha value is -4.07. The Morgan fingerprint density at radius 3 is 2.79 bits per heavy atom. The van der Waals surface area contributed by atoms with Gasteiger partial charge in [-0.15, -0.1) is 0 Å². The standard InChI is InChI=1S/C26H26N6O2/c1-18-11-12-24(27-16-18)30-26(34)21-8-4-7-20(29-21)23-10-5-14-31(23)25(33)13-15-32-22-9-3-2-6-19(22)17-28-32/h2-4,6-9,11-12,16-17,23H,5,10,13-15H2,1H3,(H,27,30,34). The van der Waals surface area contributed by atoms with Crippen LogP contribution in [-0.4, -0.2) is 43.0 Å². The van der Waals surface area contributed by atoms with Crippen molar-refractivity contribution in [2.24, 2.45) is 0 Å². The number of hydrogen-bond donors (Lipinski definition) is 1. The van der Waals surface area contributed by atoms with Crippen molar-refractivity contribution in [3.05, 3.63) is 83.9 Å². The predicted octanol–water partition coefficient (Wildman–Crippen LogP) is 4.14. The van der Waals surface area contributed by atoms with Gasteiger partial charge in [0.2, 0.25) is 5.91 Å². The highest BCUT2D eigenvalue weighted by atomic mass is 16.2.